The van der Waals surface area contributed by atoms with Gasteiger partial charge in [-0.25, -0.2) is 0 Å². The number of carbonyl (C=O) groups is 1. The smallest absolute Gasteiger partial charge is 0.312 e. The van der Waals surface area contributed by atoms with Gasteiger partial charge in [0, 0.05) is 11.1 Å². The van der Waals surface area contributed by atoms with Crippen LogP contribution in [0.15, 0.2) is 48.5 Å². The molecule has 0 aliphatic heterocycles. The highest BCUT2D eigenvalue weighted by Crippen LogP contribution is 2.33. The number of phenols is 1. The monoisotopic (exact) mass is 303 g/mol. The summed E-state index contributed by atoms with van der Waals surface area (Å²) in [6.07, 6.45) is 2.78. The fourth-order valence-electron chi connectivity index (χ4n) is 1.74. The number of allylic oxidation sites excluding steroid dienone is 1. The van der Waals surface area contributed by atoms with Crippen molar-refractivity contribution in [3.05, 3.63) is 74.8 Å². The van der Waals surface area contributed by atoms with Crippen LogP contribution in [0.25, 0.3) is 6.08 Å². The molecule has 1 N–H and O–H groups in total. The van der Waals surface area contributed by atoms with Crippen LogP contribution in [0.4, 0.5) is 5.69 Å². The van der Waals surface area contributed by atoms with Gasteiger partial charge in [-0.15, -0.1) is 0 Å². The largest absolute Gasteiger partial charge is 0.502 e. The number of carbonyl (C=O) groups excluding carboxylic acids is 1. The summed E-state index contributed by atoms with van der Waals surface area (Å²) in [5, 5.41) is 20.6. The molecule has 0 amide bonds. The molecule has 0 radical (unpaired) electrons. The second-order valence-electron chi connectivity index (χ2n) is 4.19. The Kier molecular flexibility index (Phi) is 4.35. The Morgan fingerprint density at radius 2 is 1.90 bits per heavy atom. The van der Waals surface area contributed by atoms with E-state index in [-0.39, 0.29) is 10.6 Å². The van der Waals surface area contributed by atoms with Crippen molar-refractivity contribution in [3.63, 3.8) is 0 Å². The van der Waals surface area contributed by atoms with E-state index in [4.69, 9.17) is 11.6 Å². The predicted octanol–water partition coefficient (Wildman–Crippen LogP) is 3.85. The van der Waals surface area contributed by atoms with Crippen LogP contribution in [0.5, 0.6) is 5.75 Å². The van der Waals surface area contributed by atoms with Crippen LogP contribution in [0.1, 0.15) is 15.9 Å². The van der Waals surface area contributed by atoms with Gasteiger partial charge in [-0.05, 0) is 17.7 Å². The Morgan fingerprint density at radius 1 is 1.24 bits per heavy atom. The Bertz CT molecular complexity index is 726. The van der Waals surface area contributed by atoms with E-state index >= 15 is 0 Å². The molecule has 6 heteroatoms. The summed E-state index contributed by atoms with van der Waals surface area (Å²) < 4.78 is 0. The lowest BCUT2D eigenvalue weighted by Crippen LogP contribution is -1.98. The van der Waals surface area contributed by atoms with Gasteiger partial charge in [0.25, 0.3) is 0 Å². The minimum absolute atomic E-state index is 0.0101. The zero-order valence-corrected chi connectivity index (χ0v) is 11.4. The van der Waals surface area contributed by atoms with E-state index in [1.54, 1.807) is 18.2 Å². The molecule has 0 saturated carbocycles. The van der Waals surface area contributed by atoms with Crippen LogP contribution in [-0.4, -0.2) is 15.8 Å². The van der Waals surface area contributed by atoms with Crippen molar-refractivity contribution >= 4 is 29.1 Å². The molecule has 0 aliphatic rings. The summed E-state index contributed by atoms with van der Waals surface area (Å²) in [4.78, 5) is 22.0. The lowest BCUT2D eigenvalue weighted by molar-refractivity contribution is -0.385. The fourth-order valence-corrected chi connectivity index (χ4v) is 1.95. The number of nitrogens with zero attached hydrogens (tertiary/aromatic N) is 1. The van der Waals surface area contributed by atoms with Gasteiger partial charge < -0.3 is 5.11 Å². The summed E-state index contributed by atoms with van der Waals surface area (Å²) in [6, 6.07) is 11.2. The molecular weight excluding hydrogens is 294 g/mol. The van der Waals surface area contributed by atoms with Gasteiger partial charge in [-0.3, -0.25) is 14.9 Å². The number of phenolic OH excluding ortho intramolecular Hbond substituents is 1. The number of nitro groups is 1. The van der Waals surface area contributed by atoms with Crippen molar-refractivity contribution in [3.8, 4) is 5.75 Å². The average Bonchev–Trinajstić information content (AvgIpc) is 2.47. The SMILES string of the molecule is O=C(C=Cc1ccccc1)c1cc(Cl)cc([N+](=O)[O-])c1O. The Morgan fingerprint density at radius 3 is 2.52 bits per heavy atom. The van der Waals surface area contributed by atoms with Gasteiger partial charge in [-0.2, -0.15) is 0 Å². The summed E-state index contributed by atoms with van der Waals surface area (Å²) in [5.74, 6) is -1.26. The zero-order valence-electron chi connectivity index (χ0n) is 10.7. The third-order valence-corrected chi connectivity index (χ3v) is 2.96. The molecule has 0 atom stereocenters. The third-order valence-electron chi connectivity index (χ3n) is 2.74. The molecule has 0 aliphatic carbocycles. The summed E-state index contributed by atoms with van der Waals surface area (Å²) in [6.45, 7) is 0. The lowest BCUT2D eigenvalue weighted by atomic mass is 10.1. The lowest BCUT2D eigenvalue weighted by Gasteiger charge is -2.02. The highest BCUT2D eigenvalue weighted by atomic mass is 35.5. The van der Waals surface area contributed by atoms with E-state index in [2.05, 4.69) is 0 Å². The fraction of sp³-hybridized carbons (Fsp3) is 0. The highest BCUT2D eigenvalue weighted by molar-refractivity contribution is 6.31. The van der Waals surface area contributed by atoms with Crippen LogP contribution < -0.4 is 0 Å². The standard InChI is InChI=1S/C15H10ClNO4/c16-11-8-12(15(19)13(9-11)17(20)21)14(18)7-6-10-4-2-1-3-5-10/h1-9,19H. The molecule has 0 heterocycles. The van der Waals surface area contributed by atoms with Crippen molar-refractivity contribution in [1.29, 1.82) is 0 Å². The number of halogens is 1. The molecule has 0 spiro atoms. The quantitative estimate of drug-likeness (QED) is 0.402. The molecule has 0 bridgehead atoms. The normalized spacial score (nSPS) is 10.7. The molecule has 0 saturated heterocycles. The molecular formula is C15H10ClNO4. The van der Waals surface area contributed by atoms with Crippen LogP contribution in [0.3, 0.4) is 0 Å². The maximum Gasteiger partial charge on any atom is 0.312 e. The van der Waals surface area contributed by atoms with E-state index in [1.807, 2.05) is 18.2 Å². The van der Waals surface area contributed by atoms with Crippen LogP contribution in [0.2, 0.25) is 5.02 Å². The van der Waals surface area contributed by atoms with Gasteiger partial charge in [0.2, 0.25) is 5.75 Å². The van der Waals surface area contributed by atoms with Crippen LogP contribution in [0, 0.1) is 10.1 Å². The number of aromatic hydroxyl groups is 1. The molecule has 2 rings (SSSR count). The van der Waals surface area contributed by atoms with E-state index < -0.39 is 22.1 Å². The topological polar surface area (TPSA) is 80.4 Å². The summed E-state index contributed by atoms with van der Waals surface area (Å²) in [7, 11) is 0. The van der Waals surface area contributed by atoms with E-state index in [1.165, 1.54) is 12.1 Å². The van der Waals surface area contributed by atoms with Gasteiger partial charge in [0.15, 0.2) is 5.78 Å². The first-order chi connectivity index (χ1) is 9.99. The van der Waals surface area contributed by atoms with E-state index in [9.17, 15) is 20.0 Å². The van der Waals surface area contributed by atoms with Gasteiger partial charge in [0.1, 0.15) is 0 Å². The van der Waals surface area contributed by atoms with Crippen LogP contribution >= 0.6 is 11.6 Å². The Labute approximate surface area is 125 Å². The molecule has 0 unspecified atom stereocenters. The van der Waals surface area contributed by atoms with E-state index in [0.29, 0.717) is 0 Å². The number of hydrogen-bond donors (Lipinski definition) is 1. The number of rotatable bonds is 4. The summed E-state index contributed by atoms with van der Waals surface area (Å²) >= 11 is 5.74. The van der Waals surface area contributed by atoms with Gasteiger partial charge in [-0.1, -0.05) is 48.0 Å². The number of hydrogen-bond acceptors (Lipinski definition) is 4. The second-order valence-corrected chi connectivity index (χ2v) is 4.62. The van der Waals surface area contributed by atoms with Crippen molar-refractivity contribution in [2.24, 2.45) is 0 Å². The molecule has 21 heavy (non-hydrogen) atoms. The molecule has 2 aromatic carbocycles. The molecule has 106 valence electrons. The maximum atomic E-state index is 12.0. The van der Waals surface area contributed by atoms with E-state index in [0.717, 1.165) is 11.6 Å². The third kappa shape index (κ3) is 3.46. The summed E-state index contributed by atoms with van der Waals surface area (Å²) in [5.41, 5.74) is -0.0118. The maximum absolute atomic E-state index is 12.0. The van der Waals surface area contributed by atoms with Crippen molar-refractivity contribution in [2.45, 2.75) is 0 Å². The number of nitro benzene ring substituents is 1. The van der Waals surface area contributed by atoms with Crippen molar-refractivity contribution < 1.29 is 14.8 Å². The number of benzene rings is 2. The zero-order chi connectivity index (χ0) is 15.4. The first-order valence-corrected chi connectivity index (χ1v) is 6.31. The minimum atomic E-state index is -0.793. The molecule has 5 nitrogen and oxygen atoms in total. The minimum Gasteiger partial charge on any atom is -0.502 e. The predicted molar refractivity (Wildman–Crippen MR) is 79.6 cm³/mol. The number of ketones is 1. The average molecular weight is 304 g/mol. The Hall–Kier alpha value is -2.66. The molecule has 2 aromatic rings. The first kappa shape index (κ1) is 14.7. The second kappa shape index (κ2) is 6.19. The van der Waals surface area contributed by atoms with Crippen LogP contribution in [-0.2, 0) is 0 Å². The van der Waals surface area contributed by atoms with Crippen molar-refractivity contribution in [1.82, 2.24) is 0 Å². The molecule has 0 fully saturated rings. The first-order valence-electron chi connectivity index (χ1n) is 5.93. The highest BCUT2D eigenvalue weighted by Gasteiger charge is 2.21. The molecule has 0 aromatic heterocycles. The van der Waals surface area contributed by atoms with Gasteiger partial charge in [0.05, 0.1) is 10.5 Å². The van der Waals surface area contributed by atoms with Gasteiger partial charge >= 0.3 is 5.69 Å². The van der Waals surface area contributed by atoms with Crippen molar-refractivity contribution in [2.75, 3.05) is 0 Å². The Balaban J connectivity index is 2.36.